The number of rotatable bonds is 13. The summed E-state index contributed by atoms with van der Waals surface area (Å²) < 4.78 is 34.2. The molecule has 0 saturated carbocycles. The maximum absolute atomic E-state index is 12.9. The van der Waals surface area contributed by atoms with Gasteiger partial charge in [0.25, 0.3) is 6.47 Å². The van der Waals surface area contributed by atoms with E-state index in [1.54, 1.807) is 44.4 Å². The van der Waals surface area contributed by atoms with Crippen molar-refractivity contribution in [2.24, 2.45) is 11.8 Å². The van der Waals surface area contributed by atoms with E-state index in [9.17, 15) is 24.9 Å². The Balaban J connectivity index is 0.00000253. The van der Waals surface area contributed by atoms with Crippen LogP contribution in [0.25, 0.3) is 0 Å². The number of ether oxygens (including phenoxy) is 6. The number of carbonyl (C=O) groups is 3. The van der Waals surface area contributed by atoms with Crippen LogP contribution in [-0.2, 0) is 39.9 Å². The van der Waals surface area contributed by atoms with Gasteiger partial charge in [-0.3, -0.25) is 14.4 Å². The standard InChI is InChI=1S/C39H57NO11.CH2O2/c1-9-29(46-8)25(4)35-36(51-35)37(40-21-27-13-14-30-31(19-27)48-22-47-30)39(7,45)17-10-11-23(2)34-24(3)12-15-32(49-26(5)41)38(6,44)18-16-28(42)20-33(43)50-34;2-1-3/h10-15,17,19,24-25,28-29,32,34-37,40,42,44-45H,9,16,18,20-22H2,1-8H3;1H,(H,2,3)/b15-12+,17-10+,23-11+;/t24-,25+,28+,29-,32-,34?,35+,36-,37?,38+,39?;/m0./s1. The van der Waals surface area contributed by atoms with Gasteiger partial charge in [-0.2, -0.15) is 0 Å². The molecule has 5 N–H and O–H groups in total. The van der Waals surface area contributed by atoms with Gasteiger partial charge in [0.05, 0.1) is 36.4 Å². The van der Waals surface area contributed by atoms with Crippen LogP contribution < -0.4 is 14.8 Å². The number of hydrogen-bond acceptors (Lipinski definition) is 13. The molecule has 302 valence electrons. The zero-order valence-electron chi connectivity index (χ0n) is 32.6. The van der Waals surface area contributed by atoms with Crippen molar-refractivity contribution in [3.63, 3.8) is 0 Å². The molecule has 4 rings (SSSR count). The van der Waals surface area contributed by atoms with Gasteiger partial charge in [0.15, 0.2) is 11.5 Å². The Bertz CT molecular complexity index is 1480. The van der Waals surface area contributed by atoms with Crippen LogP contribution in [0.3, 0.4) is 0 Å². The number of esters is 2. The molecule has 14 heteroatoms. The summed E-state index contributed by atoms with van der Waals surface area (Å²) in [5.74, 6) is -0.0394. The molecular weight excluding hydrogens is 702 g/mol. The molecule has 3 heterocycles. The minimum absolute atomic E-state index is 0.0156. The highest BCUT2D eigenvalue weighted by Crippen LogP contribution is 2.39. The van der Waals surface area contributed by atoms with Crippen molar-refractivity contribution in [1.29, 1.82) is 0 Å². The van der Waals surface area contributed by atoms with Gasteiger partial charge in [-0.15, -0.1) is 0 Å². The van der Waals surface area contributed by atoms with E-state index in [2.05, 4.69) is 19.2 Å². The monoisotopic (exact) mass is 761 g/mol. The maximum atomic E-state index is 12.9. The number of hydrogen-bond donors (Lipinski definition) is 5. The number of epoxide rings is 1. The lowest BCUT2D eigenvalue weighted by Crippen LogP contribution is -2.52. The number of allylic oxidation sites excluding steroid dienone is 2. The fraction of sp³-hybridized carbons (Fsp3) is 0.625. The second-order valence-electron chi connectivity index (χ2n) is 14.7. The second-order valence-corrected chi connectivity index (χ2v) is 14.7. The lowest BCUT2D eigenvalue weighted by Gasteiger charge is -2.32. The Hall–Kier alpha value is -3.79. The number of aliphatic hydroxyl groups is 3. The molecule has 3 aliphatic rings. The van der Waals surface area contributed by atoms with Gasteiger partial charge < -0.3 is 54.2 Å². The van der Waals surface area contributed by atoms with Crippen molar-refractivity contribution in [1.82, 2.24) is 5.32 Å². The number of methoxy groups -OCH3 is 1. The first-order valence-electron chi connectivity index (χ1n) is 18.4. The number of carbonyl (C=O) groups excluding carboxylic acids is 2. The Kier molecular flexibility index (Phi) is 16.7. The van der Waals surface area contributed by atoms with Gasteiger partial charge in [0, 0.05) is 32.4 Å². The van der Waals surface area contributed by atoms with Crippen LogP contribution in [0.15, 0.2) is 54.2 Å². The predicted octanol–water partition coefficient (Wildman–Crippen LogP) is 3.99. The van der Waals surface area contributed by atoms with Crippen LogP contribution in [0, 0.1) is 11.8 Å². The first kappa shape index (κ1) is 44.6. The van der Waals surface area contributed by atoms with E-state index < -0.39 is 53.4 Å². The molecule has 3 aliphatic heterocycles. The SMILES string of the molecule is CC[C@H](OC)[C@@H](C)[C@H]1O[C@@H]1C(NCc1ccc2c(c1)OCO2)C(C)(O)/C=C/C=C(\C)C1OC(=O)C[C@H](O)CC[C@@](C)(O)[C@@H](OC(C)=O)/C=C/[C@@H]1C.O=CO. The Morgan fingerprint density at radius 2 is 1.87 bits per heavy atom. The summed E-state index contributed by atoms with van der Waals surface area (Å²) in [6.07, 6.45) is 6.23. The third-order valence-corrected chi connectivity index (χ3v) is 10.2. The van der Waals surface area contributed by atoms with Gasteiger partial charge in [-0.1, -0.05) is 51.1 Å². The quantitative estimate of drug-likeness (QED) is 0.0635. The molecule has 1 saturated heterocycles. The molecule has 0 amide bonds. The summed E-state index contributed by atoms with van der Waals surface area (Å²) in [6.45, 7) is 12.7. The van der Waals surface area contributed by atoms with E-state index in [1.165, 1.54) is 13.8 Å². The molecule has 11 atom stereocenters. The minimum atomic E-state index is -1.46. The largest absolute Gasteiger partial charge is 0.483 e. The van der Waals surface area contributed by atoms with Crippen molar-refractivity contribution in [2.45, 2.75) is 135 Å². The average Bonchev–Trinajstić information content (AvgIpc) is 3.74. The highest BCUT2D eigenvalue weighted by atomic mass is 16.7. The van der Waals surface area contributed by atoms with E-state index in [0.29, 0.717) is 23.6 Å². The highest BCUT2D eigenvalue weighted by Gasteiger charge is 2.54. The predicted molar refractivity (Wildman–Crippen MR) is 199 cm³/mol. The van der Waals surface area contributed by atoms with Crippen LogP contribution in [0.1, 0.15) is 79.7 Å². The van der Waals surface area contributed by atoms with Crippen LogP contribution in [0.4, 0.5) is 0 Å². The number of fused-ring (bicyclic) bond motifs is 1. The second kappa shape index (κ2) is 20.2. The van der Waals surface area contributed by atoms with Crippen molar-refractivity contribution >= 4 is 18.4 Å². The Morgan fingerprint density at radius 3 is 2.52 bits per heavy atom. The van der Waals surface area contributed by atoms with Gasteiger partial charge in [0.1, 0.15) is 23.9 Å². The lowest BCUT2D eigenvalue weighted by molar-refractivity contribution is -0.157. The molecule has 0 bridgehead atoms. The van der Waals surface area contributed by atoms with Gasteiger partial charge >= 0.3 is 11.9 Å². The molecule has 0 radical (unpaired) electrons. The zero-order valence-corrected chi connectivity index (χ0v) is 32.6. The van der Waals surface area contributed by atoms with Crippen LogP contribution in [-0.4, -0.2) is 107 Å². The van der Waals surface area contributed by atoms with Crippen LogP contribution >= 0.6 is 0 Å². The Morgan fingerprint density at radius 1 is 1.19 bits per heavy atom. The fourth-order valence-corrected chi connectivity index (χ4v) is 6.95. The average molecular weight is 762 g/mol. The summed E-state index contributed by atoms with van der Waals surface area (Å²) in [4.78, 5) is 33.1. The van der Waals surface area contributed by atoms with Crippen molar-refractivity contribution in [2.75, 3.05) is 13.9 Å². The summed E-state index contributed by atoms with van der Waals surface area (Å²) in [5, 5.41) is 44.0. The van der Waals surface area contributed by atoms with E-state index in [-0.39, 0.29) is 56.8 Å². The molecule has 14 nitrogen and oxygen atoms in total. The highest BCUT2D eigenvalue weighted by molar-refractivity contribution is 5.70. The molecule has 0 spiro atoms. The first-order chi connectivity index (χ1) is 25.5. The Labute approximate surface area is 318 Å². The molecular formula is C40H59NO13. The summed E-state index contributed by atoms with van der Waals surface area (Å²) >= 11 is 0. The van der Waals surface area contributed by atoms with E-state index in [0.717, 1.165) is 12.0 Å². The van der Waals surface area contributed by atoms with E-state index in [1.807, 2.05) is 32.0 Å². The molecule has 1 aromatic carbocycles. The molecule has 0 aliphatic carbocycles. The topological polar surface area (TPSA) is 203 Å². The summed E-state index contributed by atoms with van der Waals surface area (Å²) in [7, 11) is 1.70. The number of cyclic esters (lactones) is 1. The third-order valence-electron chi connectivity index (χ3n) is 10.2. The molecule has 1 fully saturated rings. The van der Waals surface area contributed by atoms with E-state index >= 15 is 0 Å². The van der Waals surface area contributed by atoms with Gasteiger partial charge in [-0.05, 0) is 69.4 Å². The molecule has 54 heavy (non-hydrogen) atoms. The van der Waals surface area contributed by atoms with Crippen molar-refractivity contribution in [3.8, 4) is 11.5 Å². The van der Waals surface area contributed by atoms with Gasteiger partial charge in [0.2, 0.25) is 6.79 Å². The third kappa shape index (κ3) is 12.6. The zero-order chi connectivity index (χ0) is 40.2. The van der Waals surface area contributed by atoms with Crippen molar-refractivity contribution < 1.29 is 63.2 Å². The number of aliphatic hydroxyl groups excluding tert-OH is 1. The molecule has 0 aromatic heterocycles. The first-order valence-corrected chi connectivity index (χ1v) is 18.4. The molecule has 3 unspecified atom stereocenters. The van der Waals surface area contributed by atoms with Crippen LogP contribution in [0.2, 0.25) is 0 Å². The van der Waals surface area contributed by atoms with Crippen molar-refractivity contribution in [3.05, 3.63) is 59.7 Å². The number of carboxylic acid groups (broad SMARTS) is 1. The summed E-state index contributed by atoms with van der Waals surface area (Å²) in [5.41, 5.74) is -1.19. The smallest absolute Gasteiger partial charge is 0.309 e. The fourth-order valence-electron chi connectivity index (χ4n) is 6.95. The lowest BCUT2D eigenvalue weighted by atomic mass is 9.87. The number of nitrogens with one attached hydrogen (secondary N) is 1. The van der Waals surface area contributed by atoms with Gasteiger partial charge in [-0.25, -0.2) is 0 Å². The molecule has 1 aromatic rings. The number of benzene rings is 1. The normalized spacial score (nSPS) is 30.6. The van der Waals surface area contributed by atoms with E-state index in [4.69, 9.17) is 38.3 Å². The summed E-state index contributed by atoms with van der Waals surface area (Å²) in [6, 6.07) is 5.24. The maximum Gasteiger partial charge on any atom is 0.309 e. The minimum Gasteiger partial charge on any atom is -0.483 e. The van der Waals surface area contributed by atoms with Crippen LogP contribution in [0.5, 0.6) is 11.5 Å².